The highest BCUT2D eigenvalue weighted by molar-refractivity contribution is 8.10. The summed E-state index contributed by atoms with van der Waals surface area (Å²) in [6.07, 6.45) is 5.66. The third kappa shape index (κ3) is 4.58. The Hall–Kier alpha value is 0.790. The van der Waals surface area contributed by atoms with Crippen molar-refractivity contribution in [2.24, 2.45) is 0 Å². The molecule has 0 spiro atoms. The summed E-state index contributed by atoms with van der Waals surface area (Å²) < 4.78 is 11.2. The number of rotatable bonds is 5. The molecule has 0 aliphatic heterocycles. The van der Waals surface area contributed by atoms with Gasteiger partial charge in [-0.05, 0) is 19.1 Å². The van der Waals surface area contributed by atoms with Crippen LogP contribution in [0.1, 0.15) is 12.8 Å². The summed E-state index contributed by atoms with van der Waals surface area (Å²) >= 11 is 7.16. The van der Waals surface area contributed by atoms with Crippen LogP contribution >= 0.6 is 23.4 Å². The van der Waals surface area contributed by atoms with E-state index in [9.17, 15) is 4.21 Å². The lowest BCUT2D eigenvalue weighted by atomic mass is 10.4. The second-order valence-electron chi connectivity index (χ2n) is 2.00. The minimum Gasteiger partial charge on any atom is -0.259 e. The molecule has 0 aromatic rings. The Morgan fingerprint density at radius 1 is 1.70 bits per heavy atom. The lowest BCUT2D eigenvalue weighted by Crippen LogP contribution is -2.08. The van der Waals surface area contributed by atoms with Crippen LogP contribution in [0, 0.1) is 0 Å². The van der Waals surface area contributed by atoms with Crippen LogP contribution < -0.4 is 0 Å². The van der Waals surface area contributed by atoms with E-state index < -0.39 is 10.8 Å². The summed E-state index contributed by atoms with van der Waals surface area (Å²) in [4.78, 5) is 0. The van der Waals surface area contributed by atoms with Crippen molar-refractivity contribution in [3.63, 3.8) is 0 Å². The number of hydrogen-bond acceptors (Lipinski definition) is 2. The lowest BCUT2D eigenvalue weighted by Gasteiger charge is -2.08. The molecular formula is C6H13ClOS2. The molecule has 62 valence electrons. The van der Waals surface area contributed by atoms with Crippen molar-refractivity contribution in [1.82, 2.24) is 0 Å². The van der Waals surface area contributed by atoms with Crippen molar-refractivity contribution in [3.8, 4) is 0 Å². The predicted octanol–water partition coefficient (Wildman–Crippen LogP) is 2.07. The number of hydrogen-bond donors (Lipinski definition) is 0. The van der Waals surface area contributed by atoms with E-state index in [1.165, 1.54) is 0 Å². The predicted molar refractivity (Wildman–Crippen MR) is 51.3 cm³/mol. The van der Waals surface area contributed by atoms with E-state index in [0.717, 1.165) is 12.8 Å². The van der Waals surface area contributed by atoms with Crippen molar-refractivity contribution in [3.05, 3.63) is 0 Å². The molecule has 10 heavy (non-hydrogen) atoms. The van der Waals surface area contributed by atoms with Gasteiger partial charge >= 0.3 is 0 Å². The SMILES string of the molecule is CSC(CCCCl)S(C)=O. The van der Waals surface area contributed by atoms with Crippen LogP contribution in [-0.4, -0.2) is 27.2 Å². The monoisotopic (exact) mass is 200 g/mol. The Balaban J connectivity index is 3.50. The minimum atomic E-state index is -0.701. The molecule has 0 aliphatic rings. The zero-order valence-electron chi connectivity index (χ0n) is 6.30. The van der Waals surface area contributed by atoms with Crippen LogP contribution in [0.4, 0.5) is 0 Å². The Morgan fingerprint density at radius 2 is 2.30 bits per heavy atom. The van der Waals surface area contributed by atoms with Gasteiger partial charge in [0.2, 0.25) is 0 Å². The third-order valence-electron chi connectivity index (χ3n) is 1.21. The average molecular weight is 201 g/mol. The van der Waals surface area contributed by atoms with Gasteiger partial charge in [0.1, 0.15) is 0 Å². The smallest absolute Gasteiger partial charge is 0.0796 e. The fraction of sp³-hybridized carbons (Fsp3) is 1.00. The Labute approximate surface area is 74.4 Å². The molecule has 0 radical (unpaired) electrons. The molecule has 0 rings (SSSR count). The summed E-state index contributed by atoms with van der Waals surface area (Å²) in [5, 5.41) is 0. The Morgan fingerprint density at radius 3 is 2.60 bits per heavy atom. The fourth-order valence-electron chi connectivity index (χ4n) is 0.663. The zero-order valence-corrected chi connectivity index (χ0v) is 8.69. The molecule has 0 amide bonds. The van der Waals surface area contributed by atoms with Gasteiger partial charge in [0, 0.05) is 22.9 Å². The maximum atomic E-state index is 10.9. The highest BCUT2D eigenvalue weighted by Gasteiger charge is 2.09. The number of halogens is 1. The summed E-state index contributed by atoms with van der Waals surface area (Å²) in [5.74, 6) is 0.675. The second kappa shape index (κ2) is 6.50. The molecule has 2 unspecified atom stereocenters. The van der Waals surface area contributed by atoms with E-state index in [1.807, 2.05) is 6.26 Å². The van der Waals surface area contributed by atoms with E-state index in [4.69, 9.17) is 11.6 Å². The molecule has 1 nitrogen and oxygen atoms in total. The first-order valence-corrected chi connectivity index (χ1v) is 6.57. The van der Waals surface area contributed by atoms with Crippen LogP contribution in [0.2, 0.25) is 0 Å². The summed E-state index contributed by atoms with van der Waals surface area (Å²) in [7, 11) is -0.701. The number of thioether (sulfide) groups is 1. The van der Waals surface area contributed by atoms with Gasteiger partial charge < -0.3 is 0 Å². The highest BCUT2D eigenvalue weighted by Crippen LogP contribution is 2.16. The van der Waals surface area contributed by atoms with Gasteiger partial charge in [0.25, 0.3) is 0 Å². The maximum absolute atomic E-state index is 10.9. The molecule has 0 aromatic heterocycles. The minimum absolute atomic E-state index is 0.277. The summed E-state index contributed by atoms with van der Waals surface area (Å²) in [6.45, 7) is 0. The normalized spacial score (nSPS) is 16.7. The topological polar surface area (TPSA) is 17.1 Å². The quantitative estimate of drug-likeness (QED) is 0.633. The molecule has 0 N–H and O–H groups in total. The molecule has 0 saturated heterocycles. The van der Waals surface area contributed by atoms with E-state index in [2.05, 4.69) is 0 Å². The first-order chi connectivity index (χ1) is 4.72. The average Bonchev–Trinajstić information content (AvgIpc) is 1.89. The molecule has 0 saturated carbocycles. The van der Waals surface area contributed by atoms with E-state index in [1.54, 1.807) is 18.0 Å². The molecule has 2 atom stereocenters. The van der Waals surface area contributed by atoms with Crippen molar-refractivity contribution >= 4 is 34.2 Å². The number of alkyl halides is 1. The Kier molecular flexibility index (Phi) is 7.01. The van der Waals surface area contributed by atoms with Gasteiger partial charge in [0.05, 0.1) is 4.58 Å². The van der Waals surface area contributed by atoms with Crippen molar-refractivity contribution in [1.29, 1.82) is 0 Å². The second-order valence-corrected chi connectivity index (χ2v) is 5.28. The van der Waals surface area contributed by atoms with E-state index in [-0.39, 0.29) is 4.58 Å². The molecule has 0 aliphatic carbocycles. The Bertz CT molecular complexity index is 108. The van der Waals surface area contributed by atoms with E-state index >= 15 is 0 Å². The van der Waals surface area contributed by atoms with Crippen molar-refractivity contribution in [2.75, 3.05) is 18.4 Å². The fourth-order valence-corrected chi connectivity index (χ4v) is 2.80. The molecule has 4 heteroatoms. The van der Waals surface area contributed by atoms with Crippen LogP contribution in [0.5, 0.6) is 0 Å². The van der Waals surface area contributed by atoms with Crippen LogP contribution in [0.15, 0.2) is 0 Å². The molecule has 0 heterocycles. The van der Waals surface area contributed by atoms with Gasteiger partial charge in [-0.2, -0.15) is 0 Å². The summed E-state index contributed by atoms with van der Waals surface area (Å²) in [5.41, 5.74) is 0. The van der Waals surface area contributed by atoms with E-state index in [0.29, 0.717) is 5.88 Å². The largest absolute Gasteiger partial charge is 0.259 e. The van der Waals surface area contributed by atoms with Crippen LogP contribution in [0.25, 0.3) is 0 Å². The molecular weight excluding hydrogens is 188 g/mol. The first-order valence-electron chi connectivity index (χ1n) is 3.13. The van der Waals surface area contributed by atoms with Gasteiger partial charge in [-0.15, -0.1) is 23.4 Å². The molecule has 0 aromatic carbocycles. The molecule has 0 bridgehead atoms. The van der Waals surface area contributed by atoms with Crippen LogP contribution in [0.3, 0.4) is 0 Å². The van der Waals surface area contributed by atoms with Crippen LogP contribution in [-0.2, 0) is 10.8 Å². The van der Waals surface area contributed by atoms with Crippen molar-refractivity contribution < 1.29 is 4.21 Å². The van der Waals surface area contributed by atoms with Gasteiger partial charge in [-0.3, -0.25) is 4.21 Å². The zero-order chi connectivity index (χ0) is 7.98. The maximum Gasteiger partial charge on any atom is 0.0796 e. The first kappa shape index (κ1) is 10.8. The highest BCUT2D eigenvalue weighted by atomic mass is 35.5. The van der Waals surface area contributed by atoms with Gasteiger partial charge in [-0.1, -0.05) is 0 Å². The van der Waals surface area contributed by atoms with Crippen molar-refractivity contribution in [2.45, 2.75) is 17.4 Å². The standard InChI is InChI=1S/C6H13ClOS2/c1-9-6(10(2)8)4-3-5-7/h6H,3-5H2,1-2H3. The third-order valence-corrected chi connectivity index (χ3v) is 4.60. The lowest BCUT2D eigenvalue weighted by molar-refractivity contribution is 0.680. The van der Waals surface area contributed by atoms with Gasteiger partial charge in [-0.25, -0.2) is 0 Å². The molecule has 0 fully saturated rings. The summed E-state index contributed by atoms with van der Waals surface area (Å²) in [6, 6.07) is 0. The van der Waals surface area contributed by atoms with Gasteiger partial charge in [0.15, 0.2) is 0 Å².